The number of carbonyl (C=O) groups excluding carboxylic acids is 1. The van der Waals surface area contributed by atoms with Gasteiger partial charge in [-0.05, 0) is 61.2 Å². The Bertz CT molecular complexity index is 1360. The Hall–Kier alpha value is -2.40. The van der Waals surface area contributed by atoms with Crippen molar-refractivity contribution in [1.82, 2.24) is 15.2 Å². The zero-order valence-electron chi connectivity index (χ0n) is 24.2. The van der Waals surface area contributed by atoms with Gasteiger partial charge in [0.1, 0.15) is 5.75 Å². The number of amides is 1. The number of hydrogen-bond donors (Lipinski definition) is 1. The molecule has 43 heavy (non-hydrogen) atoms. The van der Waals surface area contributed by atoms with Gasteiger partial charge in [-0.3, -0.25) is 9.69 Å². The second-order valence-electron chi connectivity index (χ2n) is 11.5. The van der Waals surface area contributed by atoms with Crippen molar-refractivity contribution in [1.29, 1.82) is 0 Å². The monoisotopic (exact) mass is 644 g/mol. The first kappa shape index (κ1) is 30.6. The Morgan fingerprint density at radius 3 is 2.49 bits per heavy atom. The highest BCUT2D eigenvalue weighted by Crippen LogP contribution is 2.35. The van der Waals surface area contributed by atoms with Crippen LogP contribution in [0.5, 0.6) is 5.75 Å². The molecule has 4 heterocycles. The van der Waals surface area contributed by atoms with Crippen LogP contribution in [-0.2, 0) is 20.8 Å². The lowest BCUT2D eigenvalue weighted by atomic mass is 10.0. The molecule has 11 heteroatoms. The van der Waals surface area contributed by atoms with Gasteiger partial charge in [-0.2, -0.15) is 0 Å². The number of piperidine rings is 2. The van der Waals surface area contributed by atoms with E-state index in [1.54, 1.807) is 11.3 Å². The number of nitrogens with zero attached hydrogens (tertiary/aromatic N) is 3. The molecule has 3 aliphatic heterocycles. The Morgan fingerprint density at radius 1 is 1.02 bits per heavy atom. The number of halogens is 2. The normalized spacial score (nSPS) is 19.2. The van der Waals surface area contributed by atoms with Crippen LogP contribution in [-0.4, -0.2) is 73.6 Å². The summed E-state index contributed by atoms with van der Waals surface area (Å²) in [5.74, 6) is 0.518. The third kappa shape index (κ3) is 8.01. The molecule has 1 spiro atoms. The van der Waals surface area contributed by atoms with Gasteiger partial charge in [0.2, 0.25) is 5.91 Å². The highest BCUT2D eigenvalue weighted by molar-refractivity contribution is 7.14. The van der Waals surface area contributed by atoms with Gasteiger partial charge in [0.25, 0.3) is 0 Å². The molecule has 0 aliphatic carbocycles. The number of likely N-dealkylation sites (tertiary alicyclic amines) is 1. The van der Waals surface area contributed by atoms with Crippen LogP contribution in [0, 0.1) is 0 Å². The first-order valence-electron chi connectivity index (χ1n) is 15.1. The van der Waals surface area contributed by atoms with E-state index >= 15 is 0 Å². The molecule has 2 aromatic carbocycles. The van der Waals surface area contributed by atoms with Gasteiger partial charge in [-0.15, -0.1) is 11.3 Å². The van der Waals surface area contributed by atoms with Crippen LogP contribution < -0.4 is 15.0 Å². The van der Waals surface area contributed by atoms with Gasteiger partial charge in [-0.1, -0.05) is 29.3 Å². The zero-order valence-corrected chi connectivity index (χ0v) is 26.6. The number of anilines is 1. The van der Waals surface area contributed by atoms with E-state index in [1.807, 2.05) is 42.5 Å². The highest BCUT2D eigenvalue weighted by Gasteiger charge is 2.40. The molecular weight excluding hydrogens is 607 g/mol. The number of thiazole rings is 1. The maximum Gasteiger partial charge on any atom is 0.220 e. The van der Waals surface area contributed by atoms with Crippen LogP contribution in [0.3, 0.4) is 0 Å². The lowest BCUT2D eigenvalue weighted by molar-refractivity contribution is -0.169. The minimum absolute atomic E-state index is 0.0911. The molecule has 0 bridgehead atoms. The van der Waals surface area contributed by atoms with Crippen molar-refractivity contribution in [2.75, 3.05) is 50.9 Å². The van der Waals surface area contributed by atoms with Crippen LogP contribution in [0.25, 0.3) is 11.3 Å². The van der Waals surface area contributed by atoms with Crippen LogP contribution in [0.15, 0.2) is 47.8 Å². The molecule has 8 nitrogen and oxygen atoms in total. The molecule has 0 unspecified atom stereocenters. The molecule has 3 aromatic rings. The Labute approximate surface area is 267 Å². The SMILES string of the molecule is O=C(CCCOc1ccc(-c2csc(N3CCC4(CC3)OCCO4)n2)cc1)NC1CCN(Cc2ccc(Cl)c(Cl)c2)CC1. The molecule has 6 rings (SSSR count). The summed E-state index contributed by atoms with van der Waals surface area (Å²) in [6, 6.07) is 14.0. The van der Waals surface area contributed by atoms with Gasteiger partial charge in [-0.25, -0.2) is 4.98 Å². The molecule has 3 aliphatic rings. The van der Waals surface area contributed by atoms with Crippen LogP contribution in [0.2, 0.25) is 10.0 Å². The molecule has 1 amide bonds. The number of rotatable bonds is 10. The average molecular weight is 646 g/mol. The smallest absolute Gasteiger partial charge is 0.220 e. The van der Waals surface area contributed by atoms with E-state index in [-0.39, 0.29) is 17.7 Å². The van der Waals surface area contributed by atoms with Crippen molar-refractivity contribution in [2.45, 2.75) is 56.9 Å². The van der Waals surface area contributed by atoms with E-state index in [9.17, 15) is 4.79 Å². The Morgan fingerprint density at radius 2 is 1.77 bits per heavy atom. The highest BCUT2D eigenvalue weighted by atomic mass is 35.5. The van der Waals surface area contributed by atoms with Crippen molar-refractivity contribution in [3.8, 4) is 17.0 Å². The quantitative estimate of drug-likeness (QED) is 0.256. The number of benzene rings is 2. The summed E-state index contributed by atoms with van der Waals surface area (Å²) in [6.07, 6.45) is 4.76. The number of nitrogens with one attached hydrogen (secondary N) is 1. The van der Waals surface area contributed by atoms with E-state index in [0.717, 1.165) is 86.1 Å². The first-order chi connectivity index (χ1) is 20.9. The van der Waals surface area contributed by atoms with Crippen LogP contribution in [0.4, 0.5) is 5.13 Å². The summed E-state index contributed by atoms with van der Waals surface area (Å²) >= 11 is 13.8. The third-order valence-corrected chi connectivity index (χ3v) is 10.1. The topological polar surface area (TPSA) is 76.2 Å². The number of aromatic nitrogens is 1. The third-order valence-electron chi connectivity index (χ3n) is 8.41. The van der Waals surface area contributed by atoms with Crippen LogP contribution >= 0.6 is 34.5 Å². The summed E-state index contributed by atoms with van der Waals surface area (Å²) < 4.78 is 17.6. The van der Waals surface area contributed by atoms with Gasteiger partial charge in [0.15, 0.2) is 10.9 Å². The lowest BCUT2D eigenvalue weighted by Gasteiger charge is -2.37. The molecule has 1 N–H and O–H groups in total. The first-order valence-corrected chi connectivity index (χ1v) is 16.8. The summed E-state index contributed by atoms with van der Waals surface area (Å²) in [6.45, 7) is 6.38. The fraction of sp³-hybridized carbons (Fsp3) is 0.500. The molecule has 1 aromatic heterocycles. The zero-order chi connectivity index (χ0) is 29.6. The standard InChI is InChI=1S/C32H38Cl2N4O4S/c33-27-8-3-23(20-28(27)34)21-37-13-9-25(10-14-37)35-30(39)2-1-17-40-26-6-4-24(5-7-26)29-22-43-31(36-29)38-15-11-32(12-16-38)41-18-19-42-32/h3-8,20,22,25H,1-2,9-19,21H2,(H,35,39). The molecule has 0 atom stereocenters. The second-order valence-corrected chi connectivity index (χ2v) is 13.1. The van der Waals surface area contributed by atoms with Crippen molar-refractivity contribution >= 4 is 45.6 Å². The van der Waals surface area contributed by atoms with E-state index in [2.05, 4.69) is 20.5 Å². The minimum atomic E-state index is -0.371. The van der Waals surface area contributed by atoms with Crippen molar-refractivity contribution in [3.63, 3.8) is 0 Å². The van der Waals surface area contributed by atoms with Gasteiger partial charge < -0.3 is 24.4 Å². The maximum atomic E-state index is 12.5. The van der Waals surface area contributed by atoms with E-state index in [4.69, 9.17) is 42.4 Å². The molecule has 3 fully saturated rings. The number of carbonyl (C=O) groups is 1. The maximum absolute atomic E-state index is 12.5. The van der Waals surface area contributed by atoms with Crippen LogP contribution in [0.1, 0.15) is 44.1 Å². The second kappa shape index (κ2) is 14.1. The predicted octanol–water partition coefficient (Wildman–Crippen LogP) is 6.40. The minimum Gasteiger partial charge on any atom is -0.494 e. The van der Waals surface area contributed by atoms with Gasteiger partial charge >= 0.3 is 0 Å². The molecule has 0 saturated carbocycles. The van der Waals surface area contributed by atoms with Crippen molar-refractivity contribution in [3.05, 3.63) is 63.5 Å². The Kier molecular flexibility index (Phi) is 10.1. The number of hydrogen-bond acceptors (Lipinski definition) is 8. The largest absolute Gasteiger partial charge is 0.494 e. The van der Waals surface area contributed by atoms with Crippen molar-refractivity contribution < 1.29 is 19.0 Å². The van der Waals surface area contributed by atoms with E-state index < -0.39 is 0 Å². The van der Waals surface area contributed by atoms with Crippen molar-refractivity contribution in [2.24, 2.45) is 0 Å². The lowest BCUT2D eigenvalue weighted by Crippen LogP contribution is -2.45. The van der Waals surface area contributed by atoms with E-state index in [1.165, 1.54) is 0 Å². The molecule has 3 saturated heterocycles. The fourth-order valence-corrected chi connectivity index (χ4v) is 7.15. The summed E-state index contributed by atoms with van der Waals surface area (Å²) in [5, 5.41) is 7.51. The fourth-order valence-electron chi connectivity index (χ4n) is 5.94. The Balaban J connectivity index is 0.871. The average Bonchev–Trinajstić information content (AvgIpc) is 3.70. The van der Waals surface area contributed by atoms with Gasteiger partial charge in [0.05, 0.1) is 35.6 Å². The molecule has 230 valence electrons. The summed E-state index contributed by atoms with van der Waals surface area (Å²) in [4.78, 5) is 22.1. The molecular formula is C32H38Cl2N4O4S. The van der Waals surface area contributed by atoms with Gasteiger partial charge in [0, 0.05) is 69.0 Å². The number of ether oxygens (including phenoxy) is 3. The summed E-state index contributed by atoms with van der Waals surface area (Å²) in [7, 11) is 0. The predicted molar refractivity (Wildman–Crippen MR) is 171 cm³/mol. The summed E-state index contributed by atoms with van der Waals surface area (Å²) in [5.41, 5.74) is 3.19. The molecule has 0 radical (unpaired) electrons. The van der Waals surface area contributed by atoms with E-state index in [0.29, 0.717) is 42.7 Å².